The molecule has 6 N–H and O–H groups in total. The third-order valence-electron chi connectivity index (χ3n) is 5.68. The van der Waals surface area contributed by atoms with Gasteiger partial charge in [0.25, 0.3) is 5.91 Å². The lowest BCUT2D eigenvalue weighted by Gasteiger charge is -2.12. The Kier molecular flexibility index (Phi) is 13.5. The number of nitrogens with one attached hydrogen (secondary N) is 4. The Balaban J connectivity index is 1.51. The molecular formula is C28H39FN8O3. The number of hydrogen-bond acceptors (Lipinski definition) is 10. The Morgan fingerprint density at radius 3 is 2.15 bits per heavy atom. The number of hydrogen-bond donors (Lipinski definition) is 5. The molecule has 216 valence electrons. The number of unbranched alkanes of at least 4 members (excludes halogenated alkanes) is 1. The highest BCUT2D eigenvalue weighted by molar-refractivity contribution is 5.94. The molecule has 0 saturated heterocycles. The van der Waals surface area contributed by atoms with Crippen molar-refractivity contribution in [2.75, 3.05) is 62.0 Å². The van der Waals surface area contributed by atoms with Crippen molar-refractivity contribution in [3.05, 3.63) is 71.0 Å². The molecule has 12 heteroatoms. The van der Waals surface area contributed by atoms with Gasteiger partial charge in [-0.25, -0.2) is 4.39 Å². The number of amides is 1. The summed E-state index contributed by atoms with van der Waals surface area (Å²) in [5.74, 6) is 0.673. The number of rotatable bonds is 19. The predicted molar refractivity (Wildman–Crippen MR) is 154 cm³/mol. The summed E-state index contributed by atoms with van der Waals surface area (Å²) in [6.07, 6.45) is 2.01. The lowest BCUT2D eigenvalue weighted by Crippen LogP contribution is -2.27. The summed E-state index contributed by atoms with van der Waals surface area (Å²) in [4.78, 5) is 25.7. The smallest absolute Gasteiger partial charge is 0.251 e. The van der Waals surface area contributed by atoms with Gasteiger partial charge >= 0.3 is 0 Å². The first-order valence-corrected chi connectivity index (χ1v) is 13.5. The molecule has 1 amide bonds. The van der Waals surface area contributed by atoms with Gasteiger partial charge in [0.1, 0.15) is 5.82 Å². The molecule has 0 spiro atoms. The zero-order chi connectivity index (χ0) is 28.4. The van der Waals surface area contributed by atoms with Crippen LogP contribution in [0.25, 0.3) is 0 Å². The van der Waals surface area contributed by atoms with Crippen molar-refractivity contribution in [2.24, 2.45) is 5.73 Å². The van der Waals surface area contributed by atoms with Crippen molar-refractivity contribution in [1.29, 1.82) is 0 Å². The maximum atomic E-state index is 14.0. The Morgan fingerprint density at radius 1 is 0.825 bits per heavy atom. The van der Waals surface area contributed by atoms with Crippen molar-refractivity contribution in [2.45, 2.75) is 32.9 Å². The van der Waals surface area contributed by atoms with Crippen LogP contribution < -0.4 is 27.0 Å². The molecule has 0 saturated carbocycles. The van der Waals surface area contributed by atoms with Crippen LogP contribution in [0.15, 0.2) is 48.5 Å². The van der Waals surface area contributed by atoms with E-state index in [1.54, 1.807) is 30.3 Å². The zero-order valence-corrected chi connectivity index (χ0v) is 22.9. The van der Waals surface area contributed by atoms with E-state index >= 15 is 0 Å². The molecule has 0 bridgehead atoms. The lowest BCUT2D eigenvalue weighted by atomic mass is 10.1. The van der Waals surface area contributed by atoms with Crippen molar-refractivity contribution in [3.63, 3.8) is 0 Å². The van der Waals surface area contributed by atoms with Gasteiger partial charge in [-0.1, -0.05) is 43.7 Å². The molecule has 1 aromatic heterocycles. The standard InChI is InChI=1S/C28H39FN8O3/c1-2-3-13-32-26-35-27(37-28(36-26)34-20-23-6-4-5-7-24(23)29)33-19-21-8-10-22(11-9-21)25(38)31-14-16-40-18-17-39-15-12-30/h4-11H,2-3,12-20,30H2,1H3,(H,31,38)(H3,32,33,34,35,36,37). The lowest BCUT2D eigenvalue weighted by molar-refractivity contribution is 0.0511. The maximum Gasteiger partial charge on any atom is 0.251 e. The molecule has 1 heterocycles. The van der Waals surface area contributed by atoms with Gasteiger partial charge in [0.2, 0.25) is 17.8 Å². The molecule has 0 aliphatic carbocycles. The molecule has 0 aliphatic rings. The van der Waals surface area contributed by atoms with Crippen molar-refractivity contribution >= 4 is 23.8 Å². The van der Waals surface area contributed by atoms with Gasteiger partial charge < -0.3 is 36.5 Å². The van der Waals surface area contributed by atoms with Gasteiger partial charge in [0.15, 0.2) is 0 Å². The minimum atomic E-state index is -0.293. The second-order valence-electron chi connectivity index (χ2n) is 8.85. The Bertz CT molecular complexity index is 1170. The molecular weight excluding hydrogens is 515 g/mol. The van der Waals surface area contributed by atoms with E-state index in [4.69, 9.17) is 15.2 Å². The van der Waals surface area contributed by atoms with Gasteiger partial charge in [0, 0.05) is 43.9 Å². The summed E-state index contributed by atoms with van der Waals surface area (Å²) in [6, 6.07) is 13.8. The predicted octanol–water partition coefficient (Wildman–Crippen LogP) is 3.17. The SMILES string of the molecule is CCCCNc1nc(NCc2ccc(C(=O)NCCOCCOCCN)cc2)nc(NCc2ccccc2F)n1. The minimum Gasteiger partial charge on any atom is -0.378 e. The third-order valence-corrected chi connectivity index (χ3v) is 5.68. The second kappa shape index (κ2) is 17.7. The Labute approximate surface area is 234 Å². The minimum absolute atomic E-state index is 0.173. The van der Waals surface area contributed by atoms with Gasteiger partial charge in [-0.3, -0.25) is 4.79 Å². The van der Waals surface area contributed by atoms with Crippen LogP contribution in [-0.4, -0.2) is 66.9 Å². The first-order valence-electron chi connectivity index (χ1n) is 13.5. The van der Waals surface area contributed by atoms with E-state index < -0.39 is 0 Å². The van der Waals surface area contributed by atoms with Crippen LogP contribution in [0.3, 0.4) is 0 Å². The van der Waals surface area contributed by atoms with E-state index in [2.05, 4.69) is 43.1 Å². The largest absolute Gasteiger partial charge is 0.378 e. The fourth-order valence-electron chi connectivity index (χ4n) is 3.51. The van der Waals surface area contributed by atoms with E-state index in [1.165, 1.54) is 6.07 Å². The number of nitrogens with zero attached hydrogens (tertiary/aromatic N) is 3. The van der Waals surface area contributed by atoms with Gasteiger partial charge in [0.05, 0.1) is 26.4 Å². The summed E-state index contributed by atoms with van der Waals surface area (Å²) in [7, 11) is 0. The fourth-order valence-corrected chi connectivity index (χ4v) is 3.51. The van der Waals surface area contributed by atoms with Gasteiger partial charge in [-0.2, -0.15) is 15.0 Å². The highest BCUT2D eigenvalue weighted by atomic mass is 19.1. The van der Waals surface area contributed by atoms with Crippen molar-refractivity contribution < 1.29 is 18.7 Å². The summed E-state index contributed by atoms with van der Waals surface area (Å²) in [5, 5.41) is 12.3. The van der Waals surface area contributed by atoms with Crippen LogP contribution in [0.4, 0.5) is 22.2 Å². The van der Waals surface area contributed by atoms with Gasteiger partial charge in [-0.05, 0) is 30.2 Å². The molecule has 0 unspecified atom stereocenters. The molecule has 40 heavy (non-hydrogen) atoms. The summed E-state index contributed by atoms with van der Waals surface area (Å²) >= 11 is 0. The molecule has 0 aliphatic heterocycles. The van der Waals surface area contributed by atoms with Crippen LogP contribution in [0.2, 0.25) is 0 Å². The van der Waals surface area contributed by atoms with E-state index in [-0.39, 0.29) is 18.3 Å². The molecule has 11 nitrogen and oxygen atoms in total. The van der Waals surface area contributed by atoms with E-state index in [1.807, 2.05) is 12.1 Å². The highest BCUT2D eigenvalue weighted by Gasteiger charge is 2.09. The summed E-state index contributed by atoms with van der Waals surface area (Å²) in [5.41, 5.74) is 7.37. The Morgan fingerprint density at radius 2 is 1.48 bits per heavy atom. The molecule has 0 atom stereocenters. The monoisotopic (exact) mass is 554 g/mol. The fraction of sp³-hybridized carbons (Fsp3) is 0.429. The first kappa shape index (κ1) is 30.7. The second-order valence-corrected chi connectivity index (χ2v) is 8.85. The van der Waals surface area contributed by atoms with Crippen LogP contribution >= 0.6 is 0 Å². The molecule has 0 fully saturated rings. The number of ether oxygens (including phenoxy) is 2. The van der Waals surface area contributed by atoms with Crippen LogP contribution in [-0.2, 0) is 22.6 Å². The summed E-state index contributed by atoms with van der Waals surface area (Å²) in [6.45, 7) is 6.24. The Hall–Kier alpha value is -3.87. The molecule has 3 aromatic rings. The highest BCUT2D eigenvalue weighted by Crippen LogP contribution is 2.14. The third kappa shape index (κ3) is 11.1. The summed E-state index contributed by atoms with van der Waals surface area (Å²) < 4.78 is 24.7. The van der Waals surface area contributed by atoms with E-state index in [0.29, 0.717) is 75.0 Å². The van der Waals surface area contributed by atoms with Crippen LogP contribution in [0.5, 0.6) is 0 Å². The average Bonchev–Trinajstić information content (AvgIpc) is 2.97. The molecule has 2 aromatic carbocycles. The number of nitrogens with two attached hydrogens (primary N) is 1. The number of carbonyl (C=O) groups excluding carboxylic acids is 1. The van der Waals surface area contributed by atoms with E-state index in [0.717, 1.165) is 24.9 Å². The zero-order valence-electron chi connectivity index (χ0n) is 22.9. The quantitative estimate of drug-likeness (QED) is 0.140. The van der Waals surface area contributed by atoms with Crippen LogP contribution in [0, 0.1) is 5.82 Å². The van der Waals surface area contributed by atoms with Gasteiger partial charge in [-0.15, -0.1) is 0 Å². The maximum absolute atomic E-state index is 14.0. The van der Waals surface area contributed by atoms with E-state index in [9.17, 15) is 9.18 Å². The normalized spacial score (nSPS) is 10.8. The van der Waals surface area contributed by atoms with Crippen molar-refractivity contribution in [1.82, 2.24) is 20.3 Å². The number of anilines is 3. The number of halogens is 1. The number of carbonyl (C=O) groups is 1. The molecule has 3 rings (SSSR count). The number of benzene rings is 2. The average molecular weight is 555 g/mol. The first-order chi connectivity index (χ1) is 19.6. The number of aromatic nitrogens is 3. The molecule has 0 radical (unpaired) electrons. The van der Waals surface area contributed by atoms with Crippen molar-refractivity contribution in [3.8, 4) is 0 Å². The topological polar surface area (TPSA) is 148 Å². The van der Waals surface area contributed by atoms with Crippen LogP contribution in [0.1, 0.15) is 41.3 Å².